The smallest absolute Gasteiger partial charge is 0.321 e. The zero-order valence-corrected chi connectivity index (χ0v) is 11.8. The van der Waals surface area contributed by atoms with E-state index in [9.17, 15) is 4.79 Å². The van der Waals surface area contributed by atoms with Gasteiger partial charge in [-0.15, -0.1) is 0 Å². The predicted octanol–water partition coefficient (Wildman–Crippen LogP) is 3.10. The molecule has 4 nitrogen and oxygen atoms in total. The number of aromatic nitrogens is 1. The highest BCUT2D eigenvalue weighted by molar-refractivity contribution is 5.89. The Labute approximate surface area is 119 Å². The van der Waals surface area contributed by atoms with Gasteiger partial charge in [-0.05, 0) is 31.2 Å². The molecule has 0 bridgehead atoms. The number of aryl methyl sites for hydroxylation is 1. The monoisotopic (exact) mass is 269 g/mol. The van der Waals surface area contributed by atoms with E-state index in [1.807, 2.05) is 49.4 Å². The standard InChI is InChI=1S/C16H19N3O/c1-13-6-8-15(9-7-13)18-16(20)19(2)12-10-14-5-3-4-11-17-14/h3-9,11H,10,12H2,1-2H3,(H,18,20). The Hall–Kier alpha value is -2.36. The Bertz CT molecular complexity index is 552. The van der Waals surface area contributed by atoms with Gasteiger partial charge in [-0.25, -0.2) is 4.79 Å². The molecule has 0 fully saturated rings. The number of likely N-dealkylation sites (N-methyl/N-ethyl adjacent to an activating group) is 1. The number of urea groups is 1. The second kappa shape index (κ2) is 6.70. The van der Waals surface area contributed by atoms with Crippen LogP contribution < -0.4 is 5.32 Å². The van der Waals surface area contributed by atoms with Crippen molar-refractivity contribution in [3.8, 4) is 0 Å². The summed E-state index contributed by atoms with van der Waals surface area (Å²) in [5, 5.41) is 2.87. The lowest BCUT2D eigenvalue weighted by Crippen LogP contribution is -2.33. The third kappa shape index (κ3) is 4.09. The van der Waals surface area contributed by atoms with Gasteiger partial charge in [-0.1, -0.05) is 23.8 Å². The summed E-state index contributed by atoms with van der Waals surface area (Å²) in [6.45, 7) is 2.65. The summed E-state index contributed by atoms with van der Waals surface area (Å²) in [5.74, 6) is 0. The summed E-state index contributed by atoms with van der Waals surface area (Å²) < 4.78 is 0. The van der Waals surface area contributed by atoms with Crippen molar-refractivity contribution in [1.29, 1.82) is 0 Å². The van der Waals surface area contributed by atoms with Crippen molar-refractivity contribution < 1.29 is 4.79 Å². The number of pyridine rings is 1. The lowest BCUT2D eigenvalue weighted by atomic mass is 10.2. The highest BCUT2D eigenvalue weighted by atomic mass is 16.2. The van der Waals surface area contributed by atoms with Crippen LogP contribution in [0.3, 0.4) is 0 Å². The van der Waals surface area contributed by atoms with E-state index >= 15 is 0 Å². The first kappa shape index (κ1) is 14.1. The fraction of sp³-hybridized carbons (Fsp3) is 0.250. The van der Waals surface area contributed by atoms with Gasteiger partial charge in [0.1, 0.15) is 0 Å². The summed E-state index contributed by atoms with van der Waals surface area (Å²) in [6, 6.07) is 13.5. The third-order valence-electron chi connectivity index (χ3n) is 3.08. The minimum absolute atomic E-state index is 0.107. The van der Waals surface area contributed by atoms with Gasteiger partial charge in [0.05, 0.1) is 0 Å². The summed E-state index contributed by atoms with van der Waals surface area (Å²) >= 11 is 0. The summed E-state index contributed by atoms with van der Waals surface area (Å²) in [5.41, 5.74) is 2.97. The Morgan fingerprint density at radius 1 is 1.20 bits per heavy atom. The van der Waals surface area contributed by atoms with E-state index in [4.69, 9.17) is 0 Å². The number of nitrogens with one attached hydrogen (secondary N) is 1. The molecule has 2 aromatic rings. The van der Waals surface area contributed by atoms with E-state index in [1.54, 1.807) is 18.1 Å². The average Bonchev–Trinajstić information content (AvgIpc) is 2.48. The lowest BCUT2D eigenvalue weighted by molar-refractivity contribution is 0.223. The SMILES string of the molecule is Cc1ccc(NC(=O)N(C)CCc2ccccn2)cc1. The average molecular weight is 269 g/mol. The number of anilines is 1. The van der Waals surface area contributed by atoms with Crippen molar-refractivity contribution >= 4 is 11.7 Å². The van der Waals surface area contributed by atoms with Crippen molar-refractivity contribution in [1.82, 2.24) is 9.88 Å². The first-order valence-corrected chi connectivity index (χ1v) is 6.64. The van der Waals surface area contributed by atoms with Crippen LogP contribution in [0.1, 0.15) is 11.3 Å². The van der Waals surface area contributed by atoms with Crippen LogP contribution in [-0.2, 0) is 6.42 Å². The van der Waals surface area contributed by atoms with Gasteiger partial charge < -0.3 is 10.2 Å². The molecule has 0 radical (unpaired) electrons. The van der Waals surface area contributed by atoms with Gasteiger partial charge in [0.25, 0.3) is 0 Å². The molecule has 1 aromatic carbocycles. The largest absolute Gasteiger partial charge is 0.327 e. The molecule has 0 saturated heterocycles. The van der Waals surface area contributed by atoms with E-state index in [2.05, 4.69) is 10.3 Å². The van der Waals surface area contributed by atoms with Crippen molar-refractivity contribution in [3.63, 3.8) is 0 Å². The molecule has 2 rings (SSSR count). The molecule has 4 heteroatoms. The zero-order chi connectivity index (χ0) is 14.4. The van der Waals surface area contributed by atoms with Crippen molar-refractivity contribution in [2.24, 2.45) is 0 Å². The highest BCUT2D eigenvalue weighted by Gasteiger charge is 2.08. The van der Waals surface area contributed by atoms with Crippen molar-refractivity contribution in [2.45, 2.75) is 13.3 Å². The van der Waals surface area contributed by atoms with Crippen LogP contribution in [0.15, 0.2) is 48.7 Å². The molecule has 0 saturated carbocycles. The maximum absolute atomic E-state index is 12.0. The normalized spacial score (nSPS) is 10.1. The molecular formula is C16H19N3O. The number of hydrogen-bond acceptors (Lipinski definition) is 2. The molecule has 1 N–H and O–H groups in total. The number of hydrogen-bond donors (Lipinski definition) is 1. The summed E-state index contributed by atoms with van der Waals surface area (Å²) in [6.07, 6.45) is 2.51. The molecule has 104 valence electrons. The maximum Gasteiger partial charge on any atom is 0.321 e. The van der Waals surface area contributed by atoms with E-state index < -0.39 is 0 Å². The van der Waals surface area contributed by atoms with Crippen molar-refractivity contribution in [3.05, 3.63) is 59.9 Å². The maximum atomic E-state index is 12.0. The third-order valence-corrected chi connectivity index (χ3v) is 3.08. The number of rotatable bonds is 4. The van der Waals surface area contributed by atoms with E-state index in [1.165, 1.54) is 5.56 Å². The molecule has 1 heterocycles. The molecule has 0 aliphatic carbocycles. The minimum Gasteiger partial charge on any atom is -0.327 e. The van der Waals surface area contributed by atoms with Gasteiger partial charge in [0.2, 0.25) is 0 Å². The first-order valence-electron chi connectivity index (χ1n) is 6.64. The van der Waals surface area contributed by atoms with Crippen LogP contribution in [0.25, 0.3) is 0 Å². The minimum atomic E-state index is -0.107. The fourth-order valence-corrected chi connectivity index (χ4v) is 1.79. The number of amides is 2. The predicted molar refractivity (Wildman–Crippen MR) is 80.8 cm³/mol. The van der Waals surface area contributed by atoms with Gasteiger partial charge in [0.15, 0.2) is 0 Å². The topological polar surface area (TPSA) is 45.2 Å². The summed E-state index contributed by atoms with van der Waals surface area (Å²) in [7, 11) is 1.78. The van der Waals surface area contributed by atoms with Gasteiger partial charge in [-0.3, -0.25) is 4.98 Å². The Morgan fingerprint density at radius 3 is 2.60 bits per heavy atom. The number of carbonyl (C=O) groups excluding carboxylic acids is 1. The van der Waals surface area contributed by atoms with Gasteiger partial charge >= 0.3 is 6.03 Å². The number of benzene rings is 1. The molecule has 0 atom stereocenters. The van der Waals surface area contributed by atoms with E-state index in [0.29, 0.717) is 6.54 Å². The Balaban J connectivity index is 1.84. The van der Waals surface area contributed by atoms with Crippen LogP contribution in [0, 0.1) is 6.92 Å². The van der Waals surface area contributed by atoms with Crippen molar-refractivity contribution in [2.75, 3.05) is 18.9 Å². The van der Waals surface area contributed by atoms with Crippen LogP contribution >= 0.6 is 0 Å². The highest BCUT2D eigenvalue weighted by Crippen LogP contribution is 2.09. The fourth-order valence-electron chi connectivity index (χ4n) is 1.79. The number of nitrogens with zero attached hydrogens (tertiary/aromatic N) is 2. The molecular weight excluding hydrogens is 250 g/mol. The molecule has 1 aromatic heterocycles. The second-order valence-corrected chi connectivity index (χ2v) is 4.79. The van der Waals surface area contributed by atoms with E-state index in [-0.39, 0.29) is 6.03 Å². The Morgan fingerprint density at radius 2 is 1.95 bits per heavy atom. The molecule has 20 heavy (non-hydrogen) atoms. The van der Waals surface area contributed by atoms with Crippen LogP contribution in [0.5, 0.6) is 0 Å². The first-order chi connectivity index (χ1) is 9.65. The molecule has 0 aliphatic heterocycles. The lowest BCUT2D eigenvalue weighted by Gasteiger charge is -2.17. The number of carbonyl (C=O) groups is 1. The van der Waals surface area contributed by atoms with Crippen LogP contribution in [0.2, 0.25) is 0 Å². The summed E-state index contributed by atoms with van der Waals surface area (Å²) in [4.78, 5) is 17.9. The molecule has 0 spiro atoms. The van der Waals surface area contributed by atoms with E-state index in [0.717, 1.165) is 17.8 Å². The van der Waals surface area contributed by atoms with Crippen LogP contribution in [-0.4, -0.2) is 29.5 Å². The zero-order valence-electron chi connectivity index (χ0n) is 11.8. The van der Waals surface area contributed by atoms with Crippen LogP contribution in [0.4, 0.5) is 10.5 Å². The molecule has 0 unspecified atom stereocenters. The van der Waals surface area contributed by atoms with Gasteiger partial charge in [-0.2, -0.15) is 0 Å². The Kier molecular flexibility index (Phi) is 4.71. The molecule has 0 aliphatic rings. The van der Waals surface area contributed by atoms with Gasteiger partial charge in [0, 0.05) is 37.6 Å². The quantitative estimate of drug-likeness (QED) is 0.927. The second-order valence-electron chi connectivity index (χ2n) is 4.79. The molecule has 2 amide bonds.